The van der Waals surface area contributed by atoms with E-state index >= 15 is 0 Å². The number of aryl methyl sites for hydroxylation is 2. The summed E-state index contributed by atoms with van der Waals surface area (Å²) in [4.78, 5) is 18.8. The number of nitrogens with zero attached hydrogens (tertiary/aromatic N) is 4. The van der Waals surface area contributed by atoms with Gasteiger partial charge >= 0.3 is 0 Å². The van der Waals surface area contributed by atoms with Gasteiger partial charge in [-0.1, -0.05) is 6.07 Å². The van der Waals surface area contributed by atoms with Crippen LogP contribution in [0.1, 0.15) is 46.8 Å². The summed E-state index contributed by atoms with van der Waals surface area (Å²) in [6, 6.07) is 6.47. The standard InChI is InChI=1S/C17H20N4O/c22-17(15-7-6-13-3-1-4-14(13)9-15)20-8-2-5-16(10-20)21-12-18-11-19-21/h6-7,9,11-12,16H,1-5,8,10H2. The Kier molecular flexibility index (Phi) is 3.41. The number of hydrogen-bond acceptors (Lipinski definition) is 3. The number of hydrogen-bond donors (Lipinski definition) is 0. The van der Waals surface area contributed by atoms with Crippen molar-refractivity contribution in [3.63, 3.8) is 0 Å². The van der Waals surface area contributed by atoms with Crippen LogP contribution in [0.15, 0.2) is 30.9 Å². The maximum atomic E-state index is 12.8. The first-order valence-electron chi connectivity index (χ1n) is 8.06. The third-order valence-corrected chi connectivity index (χ3v) is 4.84. The molecule has 5 nitrogen and oxygen atoms in total. The van der Waals surface area contributed by atoms with Crippen LogP contribution < -0.4 is 0 Å². The van der Waals surface area contributed by atoms with E-state index in [0.29, 0.717) is 0 Å². The molecule has 1 amide bonds. The van der Waals surface area contributed by atoms with E-state index in [1.807, 2.05) is 15.6 Å². The zero-order valence-corrected chi connectivity index (χ0v) is 12.6. The number of carbonyl (C=O) groups is 1. The number of likely N-dealkylation sites (tertiary alicyclic amines) is 1. The molecule has 0 bridgehead atoms. The number of benzene rings is 1. The molecule has 2 aliphatic rings. The molecule has 1 fully saturated rings. The molecule has 4 rings (SSSR count). The molecule has 1 saturated heterocycles. The fourth-order valence-corrected chi connectivity index (χ4v) is 3.65. The Morgan fingerprint density at radius 3 is 2.95 bits per heavy atom. The Labute approximate surface area is 130 Å². The van der Waals surface area contributed by atoms with Crippen molar-refractivity contribution in [2.45, 2.75) is 38.1 Å². The Morgan fingerprint density at radius 1 is 1.18 bits per heavy atom. The molecule has 1 unspecified atom stereocenters. The van der Waals surface area contributed by atoms with Gasteiger partial charge in [-0.05, 0) is 55.4 Å². The molecule has 114 valence electrons. The van der Waals surface area contributed by atoms with Crippen LogP contribution >= 0.6 is 0 Å². The van der Waals surface area contributed by atoms with E-state index in [4.69, 9.17) is 0 Å². The van der Waals surface area contributed by atoms with Crippen LogP contribution in [0.25, 0.3) is 0 Å². The third-order valence-electron chi connectivity index (χ3n) is 4.84. The Morgan fingerprint density at radius 2 is 2.09 bits per heavy atom. The van der Waals surface area contributed by atoms with Crippen molar-refractivity contribution in [3.8, 4) is 0 Å². The molecule has 1 aliphatic carbocycles. The van der Waals surface area contributed by atoms with Gasteiger partial charge in [0.2, 0.25) is 0 Å². The maximum absolute atomic E-state index is 12.8. The van der Waals surface area contributed by atoms with E-state index in [2.05, 4.69) is 22.2 Å². The van der Waals surface area contributed by atoms with Gasteiger partial charge in [-0.3, -0.25) is 4.79 Å². The molecule has 5 heteroatoms. The van der Waals surface area contributed by atoms with Crippen molar-refractivity contribution >= 4 is 5.91 Å². The van der Waals surface area contributed by atoms with E-state index in [1.165, 1.54) is 17.5 Å². The van der Waals surface area contributed by atoms with Crippen molar-refractivity contribution in [1.29, 1.82) is 0 Å². The summed E-state index contributed by atoms with van der Waals surface area (Å²) < 4.78 is 1.88. The van der Waals surface area contributed by atoms with Gasteiger partial charge in [0.1, 0.15) is 12.7 Å². The van der Waals surface area contributed by atoms with E-state index in [9.17, 15) is 4.79 Å². The highest BCUT2D eigenvalue weighted by Crippen LogP contribution is 2.25. The summed E-state index contributed by atoms with van der Waals surface area (Å²) in [7, 11) is 0. The monoisotopic (exact) mass is 296 g/mol. The quantitative estimate of drug-likeness (QED) is 0.854. The minimum atomic E-state index is 0.152. The molecule has 0 saturated carbocycles. The van der Waals surface area contributed by atoms with Gasteiger partial charge in [0.25, 0.3) is 5.91 Å². The Balaban J connectivity index is 1.52. The van der Waals surface area contributed by atoms with Crippen molar-refractivity contribution in [2.75, 3.05) is 13.1 Å². The molecular formula is C17H20N4O. The zero-order valence-electron chi connectivity index (χ0n) is 12.6. The molecule has 1 aromatic carbocycles. The zero-order chi connectivity index (χ0) is 14.9. The molecule has 0 N–H and O–H groups in total. The lowest BCUT2D eigenvalue weighted by molar-refractivity contribution is 0.0672. The lowest BCUT2D eigenvalue weighted by Crippen LogP contribution is -2.40. The molecule has 2 aromatic rings. The average Bonchev–Trinajstić information content (AvgIpc) is 3.25. The second kappa shape index (κ2) is 5.55. The Hall–Kier alpha value is -2.17. The lowest BCUT2D eigenvalue weighted by atomic mass is 10.0. The highest BCUT2D eigenvalue weighted by Gasteiger charge is 2.26. The van der Waals surface area contributed by atoms with Gasteiger partial charge in [0, 0.05) is 18.7 Å². The summed E-state index contributed by atoms with van der Waals surface area (Å²) in [5.74, 6) is 0.152. The molecule has 1 aliphatic heterocycles. The van der Waals surface area contributed by atoms with Crippen LogP contribution in [0, 0.1) is 0 Å². The normalized spacial score (nSPS) is 20.9. The van der Waals surface area contributed by atoms with E-state index in [-0.39, 0.29) is 11.9 Å². The second-order valence-corrected chi connectivity index (χ2v) is 6.26. The summed E-state index contributed by atoms with van der Waals surface area (Å²) in [6.45, 7) is 1.56. The topological polar surface area (TPSA) is 51.0 Å². The minimum absolute atomic E-state index is 0.152. The smallest absolute Gasteiger partial charge is 0.253 e. The van der Waals surface area contributed by atoms with Crippen molar-refractivity contribution < 1.29 is 4.79 Å². The predicted octanol–water partition coefficient (Wildman–Crippen LogP) is 2.24. The maximum Gasteiger partial charge on any atom is 0.253 e. The summed E-state index contributed by atoms with van der Waals surface area (Å²) in [5.41, 5.74) is 3.60. The molecule has 1 atom stereocenters. The highest BCUT2D eigenvalue weighted by molar-refractivity contribution is 5.94. The van der Waals surface area contributed by atoms with E-state index < -0.39 is 0 Å². The molecule has 0 radical (unpaired) electrons. The summed E-state index contributed by atoms with van der Waals surface area (Å²) in [5, 5.41) is 4.22. The van der Waals surface area contributed by atoms with Gasteiger partial charge in [0.05, 0.1) is 6.04 Å². The molecule has 22 heavy (non-hydrogen) atoms. The van der Waals surface area contributed by atoms with Crippen LogP contribution in [0.3, 0.4) is 0 Å². The fourth-order valence-electron chi connectivity index (χ4n) is 3.65. The minimum Gasteiger partial charge on any atom is -0.337 e. The van der Waals surface area contributed by atoms with Crippen molar-refractivity contribution in [3.05, 3.63) is 47.5 Å². The lowest BCUT2D eigenvalue weighted by Gasteiger charge is -2.32. The van der Waals surface area contributed by atoms with Gasteiger partial charge in [0.15, 0.2) is 0 Å². The highest BCUT2D eigenvalue weighted by atomic mass is 16.2. The van der Waals surface area contributed by atoms with Gasteiger partial charge < -0.3 is 4.90 Å². The first-order valence-corrected chi connectivity index (χ1v) is 8.06. The first-order chi connectivity index (χ1) is 10.8. The number of fused-ring (bicyclic) bond motifs is 1. The van der Waals surface area contributed by atoms with Crippen LogP contribution in [-0.2, 0) is 12.8 Å². The number of carbonyl (C=O) groups excluding carboxylic acids is 1. The molecule has 1 aromatic heterocycles. The Bertz CT molecular complexity index is 680. The van der Waals surface area contributed by atoms with Gasteiger partial charge in [-0.2, -0.15) is 5.10 Å². The van der Waals surface area contributed by atoms with Crippen LogP contribution in [-0.4, -0.2) is 38.7 Å². The summed E-state index contributed by atoms with van der Waals surface area (Å²) >= 11 is 0. The second-order valence-electron chi connectivity index (χ2n) is 6.26. The van der Waals surface area contributed by atoms with Crippen molar-refractivity contribution in [2.24, 2.45) is 0 Å². The van der Waals surface area contributed by atoms with Gasteiger partial charge in [-0.25, -0.2) is 9.67 Å². The van der Waals surface area contributed by atoms with Crippen molar-refractivity contribution in [1.82, 2.24) is 19.7 Å². The number of aromatic nitrogens is 3. The van der Waals surface area contributed by atoms with E-state index in [0.717, 1.165) is 44.3 Å². The van der Waals surface area contributed by atoms with Crippen LogP contribution in [0.4, 0.5) is 0 Å². The largest absolute Gasteiger partial charge is 0.337 e. The predicted molar refractivity (Wildman–Crippen MR) is 82.7 cm³/mol. The average molecular weight is 296 g/mol. The number of piperidine rings is 1. The SMILES string of the molecule is O=C(c1ccc2c(c1)CCC2)N1CCCC(n2cncn2)C1. The van der Waals surface area contributed by atoms with Crippen LogP contribution in [0.5, 0.6) is 0 Å². The molecule has 0 spiro atoms. The summed E-state index contributed by atoms with van der Waals surface area (Å²) in [6.07, 6.45) is 8.85. The fraction of sp³-hybridized carbons (Fsp3) is 0.471. The first kappa shape index (κ1) is 13.5. The number of amides is 1. The molecule has 2 heterocycles. The van der Waals surface area contributed by atoms with Gasteiger partial charge in [-0.15, -0.1) is 0 Å². The number of rotatable bonds is 2. The van der Waals surface area contributed by atoms with Crippen LogP contribution in [0.2, 0.25) is 0 Å². The third kappa shape index (κ3) is 2.40. The molecular weight excluding hydrogens is 276 g/mol. The van der Waals surface area contributed by atoms with E-state index in [1.54, 1.807) is 12.7 Å².